The predicted octanol–water partition coefficient (Wildman–Crippen LogP) is 4.89. The summed E-state index contributed by atoms with van der Waals surface area (Å²) < 4.78 is 6.70. The summed E-state index contributed by atoms with van der Waals surface area (Å²) in [6.07, 6.45) is 6.44. The molecular formula is C15H16BrNO2S. The van der Waals surface area contributed by atoms with E-state index in [4.69, 9.17) is 9.72 Å². The van der Waals surface area contributed by atoms with Crippen molar-refractivity contribution in [2.75, 3.05) is 7.11 Å². The van der Waals surface area contributed by atoms with Crippen LogP contribution in [0.15, 0.2) is 16.6 Å². The average molecular weight is 354 g/mol. The predicted molar refractivity (Wildman–Crippen MR) is 84.5 cm³/mol. The second kappa shape index (κ2) is 5.82. The molecule has 0 atom stereocenters. The van der Waals surface area contributed by atoms with Gasteiger partial charge in [-0.15, -0.1) is 11.3 Å². The van der Waals surface area contributed by atoms with Gasteiger partial charge in [0.15, 0.2) is 0 Å². The third-order valence-electron chi connectivity index (χ3n) is 3.85. The maximum absolute atomic E-state index is 11.7. The number of hydrogen-bond donors (Lipinski definition) is 0. The zero-order valence-electron chi connectivity index (χ0n) is 11.3. The van der Waals surface area contributed by atoms with Crippen LogP contribution in [0.3, 0.4) is 0 Å². The fraction of sp³-hybridized carbons (Fsp3) is 0.467. The first-order valence-electron chi connectivity index (χ1n) is 6.87. The quantitative estimate of drug-likeness (QED) is 0.721. The van der Waals surface area contributed by atoms with Crippen LogP contribution in [0.2, 0.25) is 0 Å². The molecule has 3 rings (SSSR count). The van der Waals surface area contributed by atoms with Crippen LogP contribution in [0, 0.1) is 0 Å². The van der Waals surface area contributed by atoms with Crippen molar-refractivity contribution in [3.8, 4) is 0 Å². The zero-order valence-corrected chi connectivity index (χ0v) is 13.7. The highest BCUT2D eigenvalue weighted by molar-refractivity contribution is 9.10. The van der Waals surface area contributed by atoms with Crippen molar-refractivity contribution in [1.82, 2.24) is 4.98 Å². The summed E-state index contributed by atoms with van der Waals surface area (Å²) in [7, 11) is 1.40. The van der Waals surface area contributed by atoms with Gasteiger partial charge in [-0.2, -0.15) is 0 Å². The molecule has 0 radical (unpaired) electrons. The Kier molecular flexibility index (Phi) is 4.08. The van der Waals surface area contributed by atoms with Gasteiger partial charge in [0.25, 0.3) is 0 Å². The SMILES string of the molecule is COC(=O)c1cc2nc(C3CCCCC3)sc2cc1Br. The van der Waals surface area contributed by atoms with E-state index in [9.17, 15) is 4.79 Å². The number of rotatable bonds is 2. The lowest BCUT2D eigenvalue weighted by atomic mass is 9.90. The molecule has 1 aliphatic carbocycles. The first kappa shape index (κ1) is 14.0. The van der Waals surface area contributed by atoms with E-state index in [1.54, 1.807) is 11.3 Å². The van der Waals surface area contributed by atoms with Gasteiger partial charge in [-0.05, 0) is 40.9 Å². The van der Waals surface area contributed by atoms with Gasteiger partial charge in [0, 0.05) is 10.4 Å². The molecule has 0 amide bonds. The molecule has 1 saturated carbocycles. The molecule has 5 heteroatoms. The first-order valence-corrected chi connectivity index (χ1v) is 8.48. The minimum absolute atomic E-state index is 0.328. The molecule has 0 aliphatic heterocycles. The molecule has 0 bridgehead atoms. The summed E-state index contributed by atoms with van der Waals surface area (Å²) in [6, 6.07) is 3.81. The first-order chi connectivity index (χ1) is 9.69. The third-order valence-corrected chi connectivity index (χ3v) is 5.69. The summed E-state index contributed by atoms with van der Waals surface area (Å²) in [5.41, 5.74) is 1.44. The molecule has 0 spiro atoms. The Morgan fingerprint density at radius 1 is 1.35 bits per heavy atom. The van der Waals surface area contributed by atoms with E-state index in [1.165, 1.54) is 44.2 Å². The summed E-state index contributed by atoms with van der Waals surface area (Å²) in [5.74, 6) is 0.271. The number of aromatic nitrogens is 1. The van der Waals surface area contributed by atoms with Crippen LogP contribution in [0.25, 0.3) is 10.2 Å². The van der Waals surface area contributed by atoms with E-state index >= 15 is 0 Å². The van der Waals surface area contributed by atoms with Crippen LogP contribution in [-0.4, -0.2) is 18.1 Å². The van der Waals surface area contributed by atoms with Crippen molar-refractivity contribution in [2.45, 2.75) is 38.0 Å². The Morgan fingerprint density at radius 2 is 2.10 bits per heavy atom. The Labute approximate surface area is 130 Å². The molecule has 3 nitrogen and oxygen atoms in total. The molecule has 0 saturated heterocycles. The van der Waals surface area contributed by atoms with Gasteiger partial charge in [0.05, 0.1) is 27.9 Å². The molecule has 0 unspecified atom stereocenters. The number of ether oxygens (including phenoxy) is 1. The van der Waals surface area contributed by atoms with E-state index in [1.807, 2.05) is 12.1 Å². The molecule has 20 heavy (non-hydrogen) atoms. The maximum Gasteiger partial charge on any atom is 0.339 e. The monoisotopic (exact) mass is 353 g/mol. The Bertz CT molecular complexity index is 647. The number of methoxy groups -OCH3 is 1. The summed E-state index contributed by atoms with van der Waals surface area (Å²) in [4.78, 5) is 16.5. The lowest BCUT2D eigenvalue weighted by Crippen LogP contribution is -2.03. The van der Waals surface area contributed by atoms with E-state index in [-0.39, 0.29) is 5.97 Å². The van der Waals surface area contributed by atoms with Gasteiger partial charge in [0.1, 0.15) is 0 Å². The molecule has 1 aliphatic rings. The number of nitrogens with zero attached hydrogens (tertiary/aromatic N) is 1. The number of thiazole rings is 1. The molecule has 1 aromatic carbocycles. The van der Waals surface area contributed by atoms with Crippen LogP contribution in [0.5, 0.6) is 0 Å². The van der Waals surface area contributed by atoms with Crippen molar-refractivity contribution in [1.29, 1.82) is 0 Å². The Morgan fingerprint density at radius 3 is 2.80 bits per heavy atom. The van der Waals surface area contributed by atoms with Gasteiger partial charge in [-0.1, -0.05) is 19.3 Å². The van der Waals surface area contributed by atoms with E-state index in [0.29, 0.717) is 11.5 Å². The van der Waals surface area contributed by atoms with Crippen LogP contribution >= 0.6 is 27.3 Å². The summed E-state index contributed by atoms with van der Waals surface area (Å²) in [6.45, 7) is 0. The van der Waals surface area contributed by atoms with Crippen molar-refractivity contribution in [3.05, 3.63) is 27.2 Å². The Hall–Kier alpha value is -0.940. The highest BCUT2D eigenvalue weighted by Crippen LogP contribution is 2.38. The van der Waals surface area contributed by atoms with Gasteiger partial charge in [-0.25, -0.2) is 9.78 Å². The van der Waals surface area contributed by atoms with Crippen molar-refractivity contribution < 1.29 is 9.53 Å². The minimum Gasteiger partial charge on any atom is -0.465 e. The van der Waals surface area contributed by atoms with Crippen LogP contribution in [0.4, 0.5) is 0 Å². The normalized spacial score (nSPS) is 16.5. The lowest BCUT2D eigenvalue weighted by molar-refractivity contribution is 0.0600. The second-order valence-corrected chi connectivity index (χ2v) is 7.09. The molecule has 0 N–H and O–H groups in total. The fourth-order valence-corrected chi connectivity index (χ4v) is 4.57. The molecule has 106 valence electrons. The number of hydrogen-bond acceptors (Lipinski definition) is 4. The molecule has 2 aromatic rings. The van der Waals surface area contributed by atoms with Crippen LogP contribution < -0.4 is 0 Å². The topological polar surface area (TPSA) is 39.2 Å². The Balaban J connectivity index is 2.00. The summed E-state index contributed by atoms with van der Waals surface area (Å²) in [5, 5.41) is 1.22. The minimum atomic E-state index is -0.328. The van der Waals surface area contributed by atoms with E-state index < -0.39 is 0 Å². The highest BCUT2D eigenvalue weighted by Gasteiger charge is 2.20. The van der Waals surface area contributed by atoms with E-state index in [2.05, 4.69) is 15.9 Å². The van der Waals surface area contributed by atoms with Gasteiger partial charge in [-0.3, -0.25) is 0 Å². The smallest absolute Gasteiger partial charge is 0.339 e. The number of carbonyl (C=O) groups is 1. The fourth-order valence-electron chi connectivity index (χ4n) is 2.76. The van der Waals surface area contributed by atoms with Crippen LogP contribution in [0.1, 0.15) is 53.4 Å². The molecule has 1 aromatic heterocycles. The van der Waals surface area contributed by atoms with Crippen molar-refractivity contribution in [3.63, 3.8) is 0 Å². The number of benzene rings is 1. The van der Waals surface area contributed by atoms with Gasteiger partial charge >= 0.3 is 5.97 Å². The van der Waals surface area contributed by atoms with Crippen LogP contribution in [-0.2, 0) is 4.74 Å². The second-order valence-electron chi connectivity index (χ2n) is 5.18. The van der Waals surface area contributed by atoms with Crippen molar-refractivity contribution >= 4 is 43.5 Å². The summed E-state index contributed by atoms with van der Waals surface area (Å²) >= 11 is 5.19. The van der Waals surface area contributed by atoms with Crippen molar-refractivity contribution in [2.24, 2.45) is 0 Å². The standard InChI is InChI=1S/C15H16BrNO2S/c1-19-15(18)10-7-12-13(8-11(10)16)20-14(17-12)9-5-3-2-4-6-9/h7-9H,2-6H2,1H3. The largest absolute Gasteiger partial charge is 0.465 e. The zero-order chi connectivity index (χ0) is 14.1. The van der Waals surface area contributed by atoms with Gasteiger partial charge in [0.2, 0.25) is 0 Å². The maximum atomic E-state index is 11.7. The number of fused-ring (bicyclic) bond motifs is 1. The lowest BCUT2D eigenvalue weighted by Gasteiger charge is -2.18. The van der Waals surface area contributed by atoms with E-state index in [0.717, 1.165) is 14.7 Å². The number of carbonyl (C=O) groups excluding carboxylic acids is 1. The van der Waals surface area contributed by atoms with Gasteiger partial charge < -0.3 is 4.74 Å². The third kappa shape index (κ3) is 2.61. The highest BCUT2D eigenvalue weighted by atomic mass is 79.9. The molecular weight excluding hydrogens is 338 g/mol. The molecule has 1 fully saturated rings. The number of esters is 1. The number of halogens is 1. The molecule has 1 heterocycles. The average Bonchev–Trinajstić information content (AvgIpc) is 2.89.